The van der Waals surface area contributed by atoms with Gasteiger partial charge in [0, 0.05) is 5.39 Å². The molecule has 0 aliphatic heterocycles. The molecule has 24 heavy (non-hydrogen) atoms. The van der Waals surface area contributed by atoms with E-state index in [4.69, 9.17) is 23.2 Å². The van der Waals surface area contributed by atoms with Crippen LogP contribution in [0.25, 0.3) is 16.5 Å². The molecule has 0 aliphatic rings. The molecule has 3 aromatic rings. The number of nitrogens with zero attached hydrogens (tertiary/aromatic N) is 2. The number of aromatic nitrogens is 2. The molecular weight excluding hydrogens is 407 g/mol. The Bertz CT molecular complexity index is 843. The van der Waals surface area contributed by atoms with Gasteiger partial charge in [-0.3, -0.25) is 0 Å². The molecule has 128 valence electrons. The van der Waals surface area contributed by atoms with Crippen molar-refractivity contribution >= 4 is 34.0 Å². The molecule has 0 spiro atoms. The first-order valence-corrected chi connectivity index (χ1v) is 8.89. The van der Waals surface area contributed by atoms with E-state index in [2.05, 4.69) is 50.2 Å². The first-order valence-electron chi connectivity index (χ1n) is 8.14. The molecule has 5 heteroatoms. The Balaban J connectivity index is 0.00000208. The molecule has 0 amide bonds. The fourth-order valence-electron chi connectivity index (χ4n) is 2.97. The molecule has 0 saturated carbocycles. The molecule has 2 aromatic carbocycles. The summed E-state index contributed by atoms with van der Waals surface area (Å²) < 4.78 is 4.06. The van der Waals surface area contributed by atoms with Crippen LogP contribution >= 0.6 is 23.2 Å². The Morgan fingerprint density at radius 3 is 2.50 bits per heavy atom. The highest BCUT2D eigenvalue weighted by Crippen LogP contribution is 2.31. The number of halogens is 3. The number of fused-ring (bicyclic) bond motifs is 1. The van der Waals surface area contributed by atoms with Gasteiger partial charge in [-0.1, -0.05) is 56.7 Å². The lowest BCUT2D eigenvalue weighted by atomic mass is 10.0. The third kappa shape index (κ3) is 3.49. The van der Waals surface area contributed by atoms with Gasteiger partial charge in [-0.2, -0.15) is 4.57 Å². The second-order valence-electron chi connectivity index (χ2n) is 5.76. The molecule has 0 atom stereocenters. The average molecular weight is 428 g/mol. The summed E-state index contributed by atoms with van der Waals surface area (Å²) in [5.41, 5.74) is 2.40. The van der Waals surface area contributed by atoms with E-state index < -0.39 is 0 Å². The molecule has 0 fully saturated rings. The minimum absolute atomic E-state index is 0. The molecule has 0 N–H and O–H groups in total. The summed E-state index contributed by atoms with van der Waals surface area (Å²) in [7, 11) is 0. The maximum atomic E-state index is 6.57. The molecule has 0 aliphatic carbocycles. The van der Waals surface area contributed by atoms with E-state index >= 15 is 0 Å². The largest absolute Gasteiger partial charge is 1.00 e. The topological polar surface area (TPSA) is 8.81 Å². The van der Waals surface area contributed by atoms with Crippen molar-refractivity contribution < 1.29 is 21.5 Å². The quantitative estimate of drug-likeness (QED) is 0.553. The molecule has 1 aromatic heterocycles. The van der Waals surface area contributed by atoms with Gasteiger partial charge in [0.2, 0.25) is 0 Å². The van der Waals surface area contributed by atoms with Crippen LogP contribution in [0.2, 0.25) is 10.3 Å². The number of hydrogen-bond donors (Lipinski definition) is 0. The van der Waals surface area contributed by atoms with Crippen molar-refractivity contribution in [1.82, 2.24) is 4.57 Å². The van der Waals surface area contributed by atoms with Gasteiger partial charge in [-0.05, 0) is 47.0 Å². The normalized spacial score (nSPS) is 10.8. The van der Waals surface area contributed by atoms with Crippen molar-refractivity contribution in [3.8, 4) is 5.69 Å². The molecular formula is C19H21BrCl2N2. The van der Waals surface area contributed by atoms with E-state index in [1.54, 1.807) is 0 Å². The zero-order valence-electron chi connectivity index (χ0n) is 13.9. The van der Waals surface area contributed by atoms with Crippen LogP contribution < -0.4 is 21.5 Å². The SMILES string of the molecule is CCCC[n+]1cn(-c2c(CC)ccc3ccccc23)c(Cl)c1Cl.[Br-]. The Morgan fingerprint density at radius 1 is 1.04 bits per heavy atom. The van der Waals surface area contributed by atoms with Gasteiger partial charge in [0.15, 0.2) is 0 Å². The molecule has 0 saturated heterocycles. The fraction of sp³-hybridized carbons (Fsp3) is 0.316. The van der Waals surface area contributed by atoms with Crippen LogP contribution in [0.5, 0.6) is 0 Å². The summed E-state index contributed by atoms with van der Waals surface area (Å²) >= 11 is 13.0. The van der Waals surface area contributed by atoms with Gasteiger partial charge in [0.05, 0.1) is 6.54 Å². The summed E-state index contributed by atoms with van der Waals surface area (Å²) in [6.07, 6.45) is 5.18. The van der Waals surface area contributed by atoms with E-state index in [1.807, 2.05) is 15.5 Å². The summed E-state index contributed by atoms with van der Waals surface area (Å²) in [5.74, 6) is 0. The lowest BCUT2D eigenvalue weighted by Crippen LogP contribution is -3.00. The first-order chi connectivity index (χ1) is 11.2. The van der Waals surface area contributed by atoms with Crippen LogP contribution in [0.3, 0.4) is 0 Å². The zero-order valence-corrected chi connectivity index (χ0v) is 17.0. The number of hydrogen-bond acceptors (Lipinski definition) is 0. The Hall–Kier alpha value is -1.03. The van der Waals surface area contributed by atoms with E-state index in [0.717, 1.165) is 31.5 Å². The predicted molar refractivity (Wildman–Crippen MR) is 97.8 cm³/mol. The average Bonchev–Trinajstić information content (AvgIpc) is 2.87. The third-order valence-corrected chi connectivity index (χ3v) is 5.10. The predicted octanol–water partition coefficient (Wildman–Crippen LogP) is 2.59. The van der Waals surface area contributed by atoms with Crippen molar-refractivity contribution in [2.24, 2.45) is 0 Å². The highest BCUT2D eigenvalue weighted by molar-refractivity contribution is 6.40. The van der Waals surface area contributed by atoms with Gasteiger partial charge in [0.25, 0.3) is 16.6 Å². The van der Waals surface area contributed by atoms with Gasteiger partial charge in [-0.25, -0.2) is 4.57 Å². The molecule has 0 radical (unpaired) electrons. The van der Waals surface area contributed by atoms with Crippen LogP contribution in [0, 0.1) is 0 Å². The van der Waals surface area contributed by atoms with E-state index in [9.17, 15) is 0 Å². The van der Waals surface area contributed by atoms with Crippen LogP contribution in [0.4, 0.5) is 0 Å². The minimum Gasteiger partial charge on any atom is -1.00 e. The zero-order chi connectivity index (χ0) is 16.4. The fourth-order valence-corrected chi connectivity index (χ4v) is 3.42. The number of unbranched alkanes of at least 4 members (excludes halogenated alkanes) is 1. The van der Waals surface area contributed by atoms with Crippen molar-refractivity contribution in [3.63, 3.8) is 0 Å². The first kappa shape index (κ1) is 19.3. The summed E-state index contributed by atoms with van der Waals surface area (Å²) in [5, 5.41) is 3.59. The summed E-state index contributed by atoms with van der Waals surface area (Å²) in [4.78, 5) is 0. The molecule has 0 unspecified atom stereocenters. The van der Waals surface area contributed by atoms with Crippen molar-refractivity contribution in [2.45, 2.75) is 39.7 Å². The molecule has 0 bridgehead atoms. The smallest absolute Gasteiger partial charge is 0.260 e. The number of rotatable bonds is 5. The van der Waals surface area contributed by atoms with Gasteiger partial charge < -0.3 is 17.0 Å². The Morgan fingerprint density at radius 2 is 1.79 bits per heavy atom. The maximum Gasteiger partial charge on any atom is 0.260 e. The minimum atomic E-state index is 0. The third-order valence-electron chi connectivity index (χ3n) is 4.25. The van der Waals surface area contributed by atoms with Gasteiger partial charge in [-0.15, -0.1) is 0 Å². The molecule has 3 rings (SSSR count). The summed E-state index contributed by atoms with van der Waals surface area (Å²) in [6, 6.07) is 12.7. The van der Waals surface area contributed by atoms with Crippen LogP contribution in [-0.2, 0) is 13.0 Å². The van der Waals surface area contributed by atoms with Crippen molar-refractivity contribution in [1.29, 1.82) is 0 Å². The van der Waals surface area contributed by atoms with Gasteiger partial charge in [0.1, 0.15) is 5.69 Å². The maximum absolute atomic E-state index is 6.57. The number of aryl methyl sites for hydroxylation is 2. The summed E-state index contributed by atoms with van der Waals surface area (Å²) in [6.45, 7) is 5.22. The number of benzene rings is 2. The second kappa shape index (κ2) is 8.37. The van der Waals surface area contributed by atoms with Gasteiger partial charge >= 0.3 is 0 Å². The number of imidazole rings is 1. The second-order valence-corrected chi connectivity index (χ2v) is 6.48. The van der Waals surface area contributed by atoms with E-state index in [1.165, 1.54) is 16.3 Å². The highest BCUT2D eigenvalue weighted by atomic mass is 79.9. The lowest BCUT2D eigenvalue weighted by molar-refractivity contribution is -0.694. The Labute approximate surface area is 163 Å². The van der Waals surface area contributed by atoms with E-state index in [0.29, 0.717) is 10.3 Å². The molecule has 2 nitrogen and oxygen atoms in total. The van der Waals surface area contributed by atoms with Crippen molar-refractivity contribution in [3.05, 3.63) is 58.6 Å². The highest BCUT2D eigenvalue weighted by Gasteiger charge is 2.24. The van der Waals surface area contributed by atoms with Crippen molar-refractivity contribution in [2.75, 3.05) is 0 Å². The van der Waals surface area contributed by atoms with E-state index in [-0.39, 0.29) is 17.0 Å². The van der Waals surface area contributed by atoms with Crippen LogP contribution in [-0.4, -0.2) is 4.57 Å². The standard InChI is InChI=1S/C19H21Cl2N2.BrH/c1-3-5-12-22-13-23(19(21)18(22)20)17-14(4-2)10-11-15-8-6-7-9-16(15)17;/h6-11,13H,3-5,12H2,1-2H3;1H/q+1;/p-1. The Kier molecular flexibility index (Phi) is 6.73. The molecule has 1 heterocycles. The lowest BCUT2D eigenvalue weighted by Gasteiger charge is -2.09. The monoisotopic (exact) mass is 426 g/mol. The van der Waals surface area contributed by atoms with Crippen LogP contribution in [0.1, 0.15) is 32.3 Å². The van der Waals surface area contributed by atoms with Crippen LogP contribution in [0.15, 0.2) is 42.7 Å².